The molecule has 1 amide bonds. The first-order chi connectivity index (χ1) is 10.9. The molecule has 0 heterocycles. The van der Waals surface area contributed by atoms with Crippen molar-refractivity contribution < 1.29 is 15.0 Å². The first-order valence-corrected chi connectivity index (χ1v) is 7.71. The fourth-order valence-corrected chi connectivity index (χ4v) is 2.67. The summed E-state index contributed by atoms with van der Waals surface area (Å²) in [6.07, 6.45) is -0.939. The van der Waals surface area contributed by atoms with E-state index < -0.39 is 6.10 Å². The van der Waals surface area contributed by atoms with Gasteiger partial charge < -0.3 is 15.1 Å². The summed E-state index contributed by atoms with van der Waals surface area (Å²) in [6, 6.07) is 13.0. The SMILES string of the molecule is Cc1cc(Cl)ccc1-c1cccc(C(=O)N(C)CC(O)CO)c1. The first-order valence-electron chi connectivity index (χ1n) is 7.33. The van der Waals surface area contributed by atoms with E-state index in [9.17, 15) is 9.90 Å². The van der Waals surface area contributed by atoms with Gasteiger partial charge in [0.25, 0.3) is 5.91 Å². The molecule has 0 saturated carbocycles. The lowest BCUT2D eigenvalue weighted by molar-refractivity contribution is 0.0520. The number of halogens is 1. The topological polar surface area (TPSA) is 60.8 Å². The summed E-state index contributed by atoms with van der Waals surface area (Å²) in [7, 11) is 1.60. The number of carbonyl (C=O) groups is 1. The molecular formula is C18H20ClNO3. The van der Waals surface area contributed by atoms with Gasteiger partial charge in [-0.3, -0.25) is 4.79 Å². The van der Waals surface area contributed by atoms with Gasteiger partial charge in [-0.1, -0.05) is 29.8 Å². The summed E-state index contributed by atoms with van der Waals surface area (Å²) in [5, 5.41) is 19.0. The Morgan fingerprint density at radius 2 is 2.00 bits per heavy atom. The van der Waals surface area contributed by atoms with E-state index in [1.807, 2.05) is 43.3 Å². The lowest BCUT2D eigenvalue weighted by Crippen LogP contribution is -2.35. The van der Waals surface area contributed by atoms with Gasteiger partial charge in [-0.05, 0) is 47.9 Å². The number of carbonyl (C=O) groups excluding carboxylic acids is 1. The second-order valence-electron chi connectivity index (χ2n) is 5.56. The van der Waals surface area contributed by atoms with E-state index in [-0.39, 0.29) is 19.1 Å². The van der Waals surface area contributed by atoms with E-state index in [4.69, 9.17) is 16.7 Å². The molecule has 0 aliphatic heterocycles. The first kappa shape index (κ1) is 17.5. The van der Waals surface area contributed by atoms with Gasteiger partial charge in [-0.15, -0.1) is 0 Å². The fourth-order valence-electron chi connectivity index (χ4n) is 2.45. The molecule has 1 atom stereocenters. The van der Waals surface area contributed by atoms with E-state index in [0.29, 0.717) is 10.6 Å². The molecule has 5 heteroatoms. The van der Waals surface area contributed by atoms with Crippen molar-refractivity contribution >= 4 is 17.5 Å². The average molecular weight is 334 g/mol. The molecule has 0 aromatic heterocycles. The van der Waals surface area contributed by atoms with Crippen molar-refractivity contribution in [3.8, 4) is 11.1 Å². The number of nitrogens with zero attached hydrogens (tertiary/aromatic N) is 1. The van der Waals surface area contributed by atoms with Crippen molar-refractivity contribution in [2.45, 2.75) is 13.0 Å². The summed E-state index contributed by atoms with van der Waals surface area (Å²) in [4.78, 5) is 13.8. The molecule has 2 rings (SSSR count). The molecule has 23 heavy (non-hydrogen) atoms. The fraction of sp³-hybridized carbons (Fsp3) is 0.278. The predicted molar refractivity (Wildman–Crippen MR) is 91.7 cm³/mol. The normalized spacial score (nSPS) is 12.0. The molecule has 0 fully saturated rings. The summed E-state index contributed by atoms with van der Waals surface area (Å²) < 4.78 is 0. The van der Waals surface area contributed by atoms with Gasteiger partial charge in [0.15, 0.2) is 0 Å². The Morgan fingerprint density at radius 1 is 1.26 bits per heavy atom. The summed E-state index contributed by atoms with van der Waals surface area (Å²) in [5.74, 6) is -0.203. The Hall–Kier alpha value is -1.88. The monoisotopic (exact) mass is 333 g/mol. The molecule has 2 aromatic rings. The van der Waals surface area contributed by atoms with E-state index in [0.717, 1.165) is 16.7 Å². The molecule has 0 spiro atoms. The number of aryl methyl sites for hydroxylation is 1. The third-order valence-corrected chi connectivity index (χ3v) is 3.89. The number of aliphatic hydroxyl groups excluding tert-OH is 2. The highest BCUT2D eigenvalue weighted by Gasteiger charge is 2.15. The summed E-state index contributed by atoms with van der Waals surface area (Å²) >= 11 is 5.98. The maximum atomic E-state index is 12.4. The Morgan fingerprint density at radius 3 is 2.65 bits per heavy atom. The van der Waals surface area contributed by atoms with Crippen molar-refractivity contribution in [1.82, 2.24) is 4.90 Å². The van der Waals surface area contributed by atoms with E-state index in [1.54, 1.807) is 13.1 Å². The lowest BCUT2D eigenvalue weighted by atomic mass is 9.98. The molecule has 0 radical (unpaired) electrons. The maximum absolute atomic E-state index is 12.4. The number of amides is 1. The molecule has 0 saturated heterocycles. The van der Waals surface area contributed by atoms with Gasteiger partial charge in [0, 0.05) is 24.2 Å². The zero-order valence-electron chi connectivity index (χ0n) is 13.2. The van der Waals surface area contributed by atoms with Gasteiger partial charge in [-0.25, -0.2) is 0 Å². The van der Waals surface area contributed by atoms with Crippen LogP contribution < -0.4 is 0 Å². The van der Waals surface area contributed by atoms with Crippen LogP contribution in [0.3, 0.4) is 0 Å². The van der Waals surface area contributed by atoms with Gasteiger partial charge in [0.05, 0.1) is 12.7 Å². The molecular weight excluding hydrogens is 314 g/mol. The smallest absolute Gasteiger partial charge is 0.253 e. The number of likely N-dealkylation sites (N-methyl/N-ethyl adjacent to an activating group) is 1. The number of rotatable bonds is 5. The molecule has 2 N–H and O–H groups in total. The maximum Gasteiger partial charge on any atom is 0.253 e. The zero-order chi connectivity index (χ0) is 17.0. The largest absolute Gasteiger partial charge is 0.394 e. The highest BCUT2D eigenvalue weighted by atomic mass is 35.5. The van der Waals surface area contributed by atoms with Gasteiger partial charge >= 0.3 is 0 Å². The lowest BCUT2D eigenvalue weighted by Gasteiger charge is -2.20. The minimum atomic E-state index is -0.939. The van der Waals surface area contributed by atoms with E-state index >= 15 is 0 Å². The third kappa shape index (κ3) is 4.32. The molecule has 0 aliphatic carbocycles. The van der Waals surface area contributed by atoms with Crippen LogP contribution in [0.5, 0.6) is 0 Å². The molecule has 1 unspecified atom stereocenters. The molecule has 4 nitrogen and oxygen atoms in total. The van der Waals surface area contributed by atoms with Crippen LogP contribution in [-0.4, -0.2) is 47.3 Å². The highest BCUT2D eigenvalue weighted by molar-refractivity contribution is 6.30. The van der Waals surface area contributed by atoms with Crippen molar-refractivity contribution in [2.24, 2.45) is 0 Å². The highest BCUT2D eigenvalue weighted by Crippen LogP contribution is 2.26. The van der Waals surface area contributed by atoms with Crippen LogP contribution in [0, 0.1) is 6.92 Å². The molecule has 0 aliphatic rings. The number of aliphatic hydroxyl groups is 2. The second kappa shape index (κ2) is 7.59. The van der Waals surface area contributed by atoms with Crippen LogP contribution in [0.1, 0.15) is 15.9 Å². The van der Waals surface area contributed by atoms with E-state index in [1.165, 1.54) is 4.90 Å². The second-order valence-corrected chi connectivity index (χ2v) is 6.00. The zero-order valence-corrected chi connectivity index (χ0v) is 13.9. The third-order valence-electron chi connectivity index (χ3n) is 3.65. The Kier molecular flexibility index (Phi) is 5.77. The molecule has 0 bridgehead atoms. The van der Waals surface area contributed by atoms with Crippen molar-refractivity contribution in [1.29, 1.82) is 0 Å². The minimum Gasteiger partial charge on any atom is -0.394 e. The van der Waals surface area contributed by atoms with Crippen molar-refractivity contribution in [2.75, 3.05) is 20.2 Å². The van der Waals surface area contributed by atoms with Crippen molar-refractivity contribution in [3.05, 3.63) is 58.6 Å². The van der Waals surface area contributed by atoms with E-state index in [2.05, 4.69) is 0 Å². The van der Waals surface area contributed by atoms with Crippen LogP contribution >= 0.6 is 11.6 Å². The van der Waals surface area contributed by atoms with Gasteiger partial charge in [0.1, 0.15) is 0 Å². The number of hydrogen-bond acceptors (Lipinski definition) is 3. The van der Waals surface area contributed by atoms with Gasteiger partial charge in [0.2, 0.25) is 0 Å². The minimum absolute atomic E-state index is 0.0829. The Balaban J connectivity index is 2.27. The number of benzene rings is 2. The quantitative estimate of drug-likeness (QED) is 0.884. The molecule has 2 aromatic carbocycles. The molecule has 122 valence electrons. The van der Waals surface area contributed by atoms with Crippen LogP contribution in [0.4, 0.5) is 0 Å². The number of hydrogen-bond donors (Lipinski definition) is 2. The Bertz CT molecular complexity index is 702. The summed E-state index contributed by atoms with van der Waals surface area (Å²) in [6.45, 7) is 1.68. The van der Waals surface area contributed by atoms with Crippen molar-refractivity contribution in [3.63, 3.8) is 0 Å². The van der Waals surface area contributed by atoms with Crippen LogP contribution in [0.15, 0.2) is 42.5 Å². The Labute approximate surface area is 140 Å². The van der Waals surface area contributed by atoms with Crippen LogP contribution in [-0.2, 0) is 0 Å². The van der Waals surface area contributed by atoms with Crippen LogP contribution in [0.2, 0.25) is 5.02 Å². The predicted octanol–water partition coefficient (Wildman–Crippen LogP) is 2.74. The summed E-state index contributed by atoms with van der Waals surface area (Å²) in [5.41, 5.74) is 3.51. The van der Waals surface area contributed by atoms with Gasteiger partial charge in [-0.2, -0.15) is 0 Å². The average Bonchev–Trinajstić information content (AvgIpc) is 2.54. The standard InChI is InChI=1S/C18H20ClNO3/c1-12-8-15(19)6-7-17(12)13-4-3-5-14(9-13)18(23)20(2)10-16(22)11-21/h3-9,16,21-22H,10-11H2,1-2H3. The van der Waals surface area contributed by atoms with Crippen LogP contribution in [0.25, 0.3) is 11.1 Å².